The van der Waals surface area contributed by atoms with Gasteiger partial charge in [-0.3, -0.25) is 9.88 Å². The van der Waals surface area contributed by atoms with Gasteiger partial charge in [-0.05, 0) is 56.3 Å². The molecule has 1 fully saturated rings. The molecule has 5 nitrogen and oxygen atoms in total. The number of ether oxygens (including phenoxy) is 1. The molecule has 1 unspecified atom stereocenters. The van der Waals surface area contributed by atoms with E-state index in [2.05, 4.69) is 33.4 Å². The molecule has 5 heteroatoms. The van der Waals surface area contributed by atoms with Crippen LogP contribution in [0.5, 0.6) is 5.75 Å². The predicted molar refractivity (Wildman–Crippen MR) is 114 cm³/mol. The molecule has 0 aliphatic carbocycles. The zero-order valence-corrected chi connectivity index (χ0v) is 16.8. The van der Waals surface area contributed by atoms with Crippen LogP contribution in [0.15, 0.2) is 71.5 Å². The van der Waals surface area contributed by atoms with Crippen molar-refractivity contribution in [1.29, 1.82) is 0 Å². The van der Waals surface area contributed by atoms with E-state index < -0.39 is 0 Å². The molecule has 1 aliphatic rings. The normalized spacial score (nSPS) is 15.9. The monoisotopic (exact) mass is 391 g/mol. The molecule has 152 valence electrons. The van der Waals surface area contributed by atoms with Gasteiger partial charge in [-0.2, -0.15) is 0 Å². The first-order valence-corrected chi connectivity index (χ1v) is 10.5. The van der Waals surface area contributed by atoms with Gasteiger partial charge in [0.1, 0.15) is 18.1 Å². The molecule has 1 aliphatic heterocycles. The highest BCUT2D eigenvalue weighted by Crippen LogP contribution is 2.25. The summed E-state index contributed by atoms with van der Waals surface area (Å²) in [4.78, 5) is 6.87. The summed E-state index contributed by atoms with van der Waals surface area (Å²) in [6.45, 7) is 4.35. The number of rotatable bonds is 9. The summed E-state index contributed by atoms with van der Waals surface area (Å²) < 4.78 is 11.8. The van der Waals surface area contributed by atoms with E-state index in [1.54, 1.807) is 12.5 Å². The minimum absolute atomic E-state index is 0.270. The molecule has 1 atom stereocenters. The molecule has 1 aromatic carbocycles. The Morgan fingerprint density at radius 3 is 2.66 bits per heavy atom. The van der Waals surface area contributed by atoms with Crippen LogP contribution in [0.1, 0.15) is 42.3 Å². The topological polar surface area (TPSA) is 50.5 Å². The fourth-order valence-corrected chi connectivity index (χ4v) is 3.89. The van der Waals surface area contributed by atoms with Gasteiger partial charge < -0.3 is 14.5 Å². The number of piperidine rings is 1. The number of furan rings is 1. The Hall–Kier alpha value is -2.63. The van der Waals surface area contributed by atoms with Crippen molar-refractivity contribution >= 4 is 0 Å². The smallest absolute Gasteiger partial charge is 0.130 e. The Labute approximate surface area is 172 Å². The lowest BCUT2D eigenvalue weighted by molar-refractivity contribution is 0.142. The van der Waals surface area contributed by atoms with Crippen LogP contribution in [0.25, 0.3) is 0 Å². The van der Waals surface area contributed by atoms with E-state index in [0.29, 0.717) is 6.61 Å². The number of pyridine rings is 1. The maximum absolute atomic E-state index is 6.04. The van der Waals surface area contributed by atoms with Crippen molar-refractivity contribution in [3.63, 3.8) is 0 Å². The Morgan fingerprint density at radius 1 is 1.00 bits per heavy atom. The maximum Gasteiger partial charge on any atom is 0.130 e. The second-order valence-electron chi connectivity index (χ2n) is 7.48. The Morgan fingerprint density at radius 2 is 1.86 bits per heavy atom. The number of likely N-dealkylation sites (tertiary alicyclic amines) is 1. The predicted octanol–water partition coefficient (Wildman–Crippen LogP) is 4.57. The number of aromatic nitrogens is 1. The van der Waals surface area contributed by atoms with Gasteiger partial charge in [0, 0.05) is 24.8 Å². The number of para-hydroxylation sites is 1. The molecule has 1 N–H and O–H groups in total. The number of hydrogen-bond donors (Lipinski definition) is 1. The fraction of sp³-hybridized carbons (Fsp3) is 0.375. The van der Waals surface area contributed by atoms with E-state index in [1.165, 1.54) is 19.3 Å². The first kappa shape index (κ1) is 19.7. The van der Waals surface area contributed by atoms with Crippen molar-refractivity contribution in [2.45, 2.75) is 38.5 Å². The average molecular weight is 392 g/mol. The number of hydrogen-bond acceptors (Lipinski definition) is 5. The van der Waals surface area contributed by atoms with Crippen LogP contribution in [-0.4, -0.2) is 29.5 Å². The first-order chi connectivity index (χ1) is 14.4. The summed E-state index contributed by atoms with van der Waals surface area (Å²) in [5.41, 5.74) is 2.08. The summed E-state index contributed by atoms with van der Waals surface area (Å²) in [7, 11) is 0. The minimum Gasteiger partial charge on any atom is -0.487 e. The fourth-order valence-electron chi connectivity index (χ4n) is 3.89. The molecule has 3 aromatic rings. The third kappa shape index (κ3) is 5.46. The summed E-state index contributed by atoms with van der Waals surface area (Å²) in [6, 6.07) is 18.4. The van der Waals surface area contributed by atoms with Gasteiger partial charge in [0.15, 0.2) is 0 Å². The summed E-state index contributed by atoms with van der Waals surface area (Å²) in [6.07, 6.45) is 7.42. The van der Waals surface area contributed by atoms with Gasteiger partial charge in [-0.1, -0.05) is 30.7 Å². The van der Waals surface area contributed by atoms with Crippen LogP contribution in [0, 0.1) is 0 Å². The van der Waals surface area contributed by atoms with Crippen molar-refractivity contribution in [3.05, 3.63) is 84.1 Å². The van der Waals surface area contributed by atoms with Gasteiger partial charge >= 0.3 is 0 Å². The highest BCUT2D eigenvalue weighted by molar-refractivity contribution is 5.33. The Bertz CT molecular complexity index is 846. The summed E-state index contributed by atoms with van der Waals surface area (Å²) in [5.74, 6) is 1.94. The van der Waals surface area contributed by atoms with Gasteiger partial charge in [0.05, 0.1) is 18.0 Å². The molecule has 0 amide bonds. The van der Waals surface area contributed by atoms with E-state index in [1.807, 2.05) is 36.4 Å². The van der Waals surface area contributed by atoms with Gasteiger partial charge in [-0.25, -0.2) is 0 Å². The standard InChI is InChI=1S/C24H29N3O2/c1-6-14-27(15-7-1)22(24-12-8-16-28-24)18-25-17-20-9-2-3-11-23(20)29-19-21-10-4-5-13-26-21/h2-5,8-13,16,22,25H,1,6-7,14-15,17-19H2. The molecule has 0 radical (unpaired) electrons. The van der Waals surface area contributed by atoms with E-state index in [0.717, 1.165) is 48.9 Å². The maximum atomic E-state index is 6.04. The molecular formula is C24H29N3O2. The number of benzene rings is 1. The van der Waals surface area contributed by atoms with Crippen LogP contribution in [-0.2, 0) is 13.2 Å². The van der Waals surface area contributed by atoms with Gasteiger partial charge in [0.25, 0.3) is 0 Å². The molecule has 1 saturated heterocycles. The molecule has 3 heterocycles. The van der Waals surface area contributed by atoms with Crippen LogP contribution in [0.4, 0.5) is 0 Å². The molecule has 0 bridgehead atoms. The van der Waals surface area contributed by atoms with E-state index in [-0.39, 0.29) is 6.04 Å². The third-order valence-electron chi connectivity index (χ3n) is 5.43. The zero-order chi connectivity index (χ0) is 19.7. The van der Waals surface area contributed by atoms with E-state index in [4.69, 9.17) is 9.15 Å². The molecule has 29 heavy (non-hydrogen) atoms. The highest BCUT2D eigenvalue weighted by Gasteiger charge is 2.24. The molecule has 0 spiro atoms. The largest absolute Gasteiger partial charge is 0.487 e. The molecule has 0 saturated carbocycles. The third-order valence-corrected chi connectivity index (χ3v) is 5.43. The van der Waals surface area contributed by atoms with Crippen LogP contribution >= 0.6 is 0 Å². The number of nitrogens with zero attached hydrogens (tertiary/aromatic N) is 2. The van der Waals surface area contributed by atoms with Gasteiger partial charge in [-0.15, -0.1) is 0 Å². The molecule has 2 aromatic heterocycles. The second kappa shape index (κ2) is 10.2. The van der Waals surface area contributed by atoms with Crippen molar-refractivity contribution < 1.29 is 9.15 Å². The van der Waals surface area contributed by atoms with Crippen LogP contribution in [0.2, 0.25) is 0 Å². The minimum atomic E-state index is 0.270. The number of nitrogens with one attached hydrogen (secondary N) is 1. The van der Waals surface area contributed by atoms with Crippen molar-refractivity contribution in [2.75, 3.05) is 19.6 Å². The lowest BCUT2D eigenvalue weighted by Gasteiger charge is -2.33. The second-order valence-corrected chi connectivity index (χ2v) is 7.48. The van der Waals surface area contributed by atoms with Crippen molar-refractivity contribution in [1.82, 2.24) is 15.2 Å². The van der Waals surface area contributed by atoms with Crippen molar-refractivity contribution in [2.24, 2.45) is 0 Å². The van der Waals surface area contributed by atoms with Gasteiger partial charge in [0.2, 0.25) is 0 Å². The molecule has 4 rings (SSSR count). The summed E-state index contributed by atoms with van der Waals surface area (Å²) in [5, 5.41) is 3.63. The summed E-state index contributed by atoms with van der Waals surface area (Å²) >= 11 is 0. The average Bonchev–Trinajstić information content (AvgIpc) is 3.32. The quantitative estimate of drug-likeness (QED) is 0.579. The Balaban J connectivity index is 1.36. The van der Waals surface area contributed by atoms with Crippen LogP contribution in [0.3, 0.4) is 0 Å². The highest BCUT2D eigenvalue weighted by atomic mass is 16.5. The zero-order valence-electron chi connectivity index (χ0n) is 16.8. The SMILES string of the molecule is c1ccc(COc2ccccc2CNCC(c2ccco2)N2CCCCC2)nc1. The lowest BCUT2D eigenvalue weighted by atomic mass is 10.1. The van der Waals surface area contributed by atoms with Crippen LogP contribution < -0.4 is 10.1 Å². The van der Waals surface area contributed by atoms with Crippen molar-refractivity contribution in [3.8, 4) is 5.75 Å². The van der Waals surface area contributed by atoms with E-state index in [9.17, 15) is 0 Å². The van der Waals surface area contributed by atoms with E-state index >= 15 is 0 Å². The molecular weight excluding hydrogens is 362 g/mol. The Kier molecular flexibility index (Phi) is 6.94. The first-order valence-electron chi connectivity index (χ1n) is 10.5. The lowest BCUT2D eigenvalue weighted by Crippen LogP contribution is -2.38.